The van der Waals surface area contributed by atoms with Gasteiger partial charge < -0.3 is 16.0 Å². The van der Waals surface area contributed by atoms with Gasteiger partial charge in [-0.3, -0.25) is 4.79 Å². The Morgan fingerprint density at radius 2 is 2.05 bits per heavy atom. The number of hydrogen-bond acceptors (Lipinski definition) is 5. The molecule has 0 aliphatic carbocycles. The molecule has 0 saturated carbocycles. The van der Waals surface area contributed by atoms with Crippen molar-refractivity contribution < 1.29 is 13.2 Å². The molecule has 1 fully saturated rings. The molecule has 7 nitrogen and oxygen atoms in total. The van der Waals surface area contributed by atoms with Crippen molar-refractivity contribution in [3.8, 4) is 0 Å². The van der Waals surface area contributed by atoms with Crippen LogP contribution in [0, 0.1) is 5.41 Å². The van der Waals surface area contributed by atoms with Gasteiger partial charge in [-0.1, -0.05) is 0 Å². The zero-order chi connectivity index (χ0) is 15.8. The Bertz CT molecular complexity index is 674. The van der Waals surface area contributed by atoms with E-state index in [1.165, 1.54) is 12.1 Å². The van der Waals surface area contributed by atoms with E-state index in [1.807, 2.05) is 11.8 Å². The molecule has 2 rings (SSSR count). The molecule has 21 heavy (non-hydrogen) atoms. The minimum atomic E-state index is -3.81. The third kappa shape index (κ3) is 3.11. The lowest BCUT2D eigenvalue weighted by Gasteiger charge is -2.24. The quantitative estimate of drug-likeness (QED) is 0.672. The van der Waals surface area contributed by atoms with Gasteiger partial charge in [0.25, 0.3) is 0 Å². The molecule has 1 aliphatic heterocycles. The van der Waals surface area contributed by atoms with Crippen LogP contribution < -0.4 is 21.1 Å². The van der Waals surface area contributed by atoms with Crippen molar-refractivity contribution in [1.82, 2.24) is 5.32 Å². The van der Waals surface area contributed by atoms with Gasteiger partial charge in [0.2, 0.25) is 15.9 Å². The van der Waals surface area contributed by atoms with Crippen LogP contribution in [0.25, 0.3) is 0 Å². The van der Waals surface area contributed by atoms with E-state index < -0.39 is 15.4 Å². The summed E-state index contributed by atoms with van der Waals surface area (Å²) in [5.74, 6) is -0.0272. The number of anilines is 2. The van der Waals surface area contributed by atoms with E-state index in [4.69, 9.17) is 10.9 Å². The van der Waals surface area contributed by atoms with Gasteiger partial charge in [-0.2, -0.15) is 0 Å². The first-order valence-corrected chi connectivity index (χ1v) is 8.11. The molecule has 0 radical (unpaired) electrons. The fraction of sp³-hybridized carbons (Fsp3) is 0.462. The third-order valence-corrected chi connectivity index (χ3v) is 4.75. The Hall–Kier alpha value is -1.80. The number of amides is 1. The maximum atomic E-state index is 11.9. The summed E-state index contributed by atoms with van der Waals surface area (Å²) in [5.41, 5.74) is 6.24. The minimum Gasteiger partial charge on any atom is -0.399 e. The summed E-state index contributed by atoms with van der Waals surface area (Å²) in [5, 5.41) is 7.81. The van der Waals surface area contributed by atoms with Gasteiger partial charge in [0.1, 0.15) is 0 Å². The molecule has 0 bridgehead atoms. The molecule has 1 atom stereocenters. The van der Waals surface area contributed by atoms with Crippen LogP contribution in [0.2, 0.25) is 0 Å². The standard InChI is InChI=1S/C13H20N4O3S/c1-13(12(18)16-2)3-4-17(8-13)10-5-9(14)6-11(7-10)21(15,19)20/h5-7H,3-4,8,14H2,1-2H3,(H,16,18)(H2,15,19,20). The van der Waals surface area contributed by atoms with Gasteiger partial charge in [0.15, 0.2) is 0 Å². The van der Waals surface area contributed by atoms with Crippen molar-refractivity contribution >= 4 is 27.3 Å². The molecule has 1 aromatic rings. The van der Waals surface area contributed by atoms with Gasteiger partial charge in [-0.25, -0.2) is 13.6 Å². The van der Waals surface area contributed by atoms with Gasteiger partial charge in [0, 0.05) is 31.5 Å². The highest BCUT2D eigenvalue weighted by molar-refractivity contribution is 7.89. The highest BCUT2D eigenvalue weighted by Crippen LogP contribution is 2.34. The van der Waals surface area contributed by atoms with Crippen molar-refractivity contribution in [2.45, 2.75) is 18.2 Å². The van der Waals surface area contributed by atoms with Crippen LogP contribution in [0.1, 0.15) is 13.3 Å². The monoisotopic (exact) mass is 312 g/mol. The average molecular weight is 312 g/mol. The maximum absolute atomic E-state index is 11.9. The Labute approximate surface area is 124 Å². The van der Waals surface area contributed by atoms with Crippen LogP contribution in [0.3, 0.4) is 0 Å². The smallest absolute Gasteiger partial charge is 0.238 e. The lowest BCUT2D eigenvalue weighted by atomic mass is 9.89. The summed E-state index contributed by atoms with van der Waals surface area (Å²) in [6, 6.07) is 4.50. The predicted octanol–water partition coefficient (Wildman–Crippen LogP) is -0.121. The number of benzene rings is 1. The highest BCUT2D eigenvalue weighted by atomic mass is 32.2. The average Bonchev–Trinajstić information content (AvgIpc) is 2.80. The van der Waals surface area contributed by atoms with E-state index in [9.17, 15) is 13.2 Å². The fourth-order valence-electron chi connectivity index (χ4n) is 2.62. The number of carbonyl (C=O) groups excluding carboxylic acids is 1. The van der Waals surface area contributed by atoms with Crippen LogP contribution in [0.15, 0.2) is 23.1 Å². The minimum absolute atomic E-state index is 0.0222. The number of nitrogen functional groups attached to an aromatic ring is 1. The fourth-order valence-corrected chi connectivity index (χ4v) is 3.21. The van der Waals surface area contributed by atoms with E-state index in [0.717, 1.165) is 0 Å². The topological polar surface area (TPSA) is 119 Å². The van der Waals surface area contributed by atoms with Crippen LogP contribution in [0.4, 0.5) is 11.4 Å². The number of nitrogens with one attached hydrogen (secondary N) is 1. The summed E-state index contributed by atoms with van der Waals surface area (Å²) in [6.07, 6.45) is 0.687. The molecule has 1 heterocycles. The molecule has 0 aromatic heterocycles. The van der Waals surface area contributed by atoms with Crippen molar-refractivity contribution in [2.75, 3.05) is 30.8 Å². The van der Waals surface area contributed by atoms with Crippen molar-refractivity contribution in [2.24, 2.45) is 10.6 Å². The molecule has 1 unspecified atom stereocenters. The predicted molar refractivity (Wildman–Crippen MR) is 81.2 cm³/mol. The number of nitrogens with zero attached hydrogens (tertiary/aromatic N) is 1. The summed E-state index contributed by atoms with van der Waals surface area (Å²) in [7, 11) is -2.21. The summed E-state index contributed by atoms with van der Waals surface area (Å²) >= 11 is 0. The Morgan fingerprint density at radius 1 is 1.38 bits per heavy atom. The second kappa shape index (κ2) is 5.19. The molecule has 1 amide bonds. The summed E-state index contributed by atoms with van der Waals surface area (Å²) in [4.78, 5) is 13.9. The second-order valence-corrected chi connectivity index (χ2v) is 7.18. The molecule has 0 spiro atoms. The zero-order valence-electron chi connectivity index (χ0n) is 12.1. The molecule has 1 aromatic carbocycles. The summed E-state index contributed by atoms with van der Waals surface area (Å²) in [6.45, 7) is 3.04. The Morgan fingerprint density at radius 3 is 2.62 bits per heavy atom. The van der Waals surface area contributed by atoms with Gasteiger partial charge >= 0.3 is 0 Å². The molecule has 5 N–H and O–H groups in total. The lowest BCUT2D eigenvalue weighted by Crippen LogP contribution is -2.39. The SMILES string of the molecule is CNC(=O)C1(C)CCN(c2cc(N)cc(S(N)(=O)=O)c2)C1. The van der Waals surface area contributed by atoms with E-state index >= 15 is 0 Å². The van der Waals surface area contributed by atoms with E-state index in [0.29, 0.717) is 30.9 Å². The number of primary sulfonamides is 1. The van der Waals surface area contributed by atoms with Crippen LogP contribution >= 0.6 is 0 Å². The van der Waals surface area contributed by atoms with Crippen molar-refractivity contribution in [3.63, 3.8) is 0 Å². The van der Waals surface area contributed by atoms with E-state index in [1.54, 1.807) is 13.1 Å². The largest absolute Gasteiger partial charge is 0.399 e. The Balaban J connectivity index is 2.33. The van der Waals surface area contributed by atoms with E-state index in [-0.39, 0.29) is 10.8 Å². The van der Waals surface area contributed by atoms with Gasteiger partial charge in [-0.05, 0) is 31.5 Å². The van der Waals surface area contributed by atoms with Gasteiger partial charge in [0.05, 0.1) is 10.3 Å². The molecule has 116 valence electrons. The first kappa shape index (κ1) is 15.6. The second-order valence-electron chi connectivity index (χ2n) is 5.62. The first-order chi connectivity index (χ1) is 9.65. The molecule has 8 heteroatoms. The number of sulfonamides is 1. The third-order valence-electron chi connectivity index (χ3n) is 3.86. The Kier molecular flexibility index (Phi) is 3.85. The van der Waals surface area contributed by atoms with Crippen molar-refractivity contribution in [1.29, 1.82) is 0 Å². The van der Waals surface area contributed by atoms with Gasteiger partial charge in [-0.15, -0.1) is 0 Å². The maximum Gasteiger partial charge on any atom is 0.238 e. The molecule has 1 saturated heterocycles. The molecule has 1 aliphatic rings. The van der Waals surface area contributed by atoms with Crippen LogP contribution in [-0.2, 0) is 14.8 Å². The van der Waals surface area contributed by atoms with Crippen LogP contribution in [0.5, 0.6) is 0 Å². The lowest BCUT2D eigenvalue weighted by molar-refractivity contribution is -0.128. The zero-order valence-corrected chi connectivity index (χ0v) is 12.9. The number of hydrogen-bond donors (Lipinski definition) is 3. The number of rotatable bonds is 3. The molecular weight excluding hydrogens is 292 g/mol. The number of carbonyl (C=O) groups is 1. The van der Waals surface area contributed by atoms with Crippen molar-refractivity contribution in [3.05, 3.63) is 18.2 Å². The number of nitrogens with two attached hydrogens (primary N) is 2. The normalized spacial score (nSPS) is 22.3. The van der Waals surface area contributed by atoms with E-state index in [2.05, 4.69) is 5.32 Å². The first-order valence-electron chi connectivity index (χ1n) is 6.56. The van der Waals surface area contributed by atoms with Crippen LogP contribution in [-0.4, -0.2) is 34.5 Å². The highest BCUT2D eigenvalue weighted by Gasteiger charge is 2.40. The summed E-state index contributed by atoms with van der Waals surface area (Å²) < 4.78 is 22.9. The molecular formula is C13H20N4O3S.